The molecule has 5 rings (SSSR count). The maximum atomic E-state index is 11.3. The highest BCUT2D eigenvalue weighted by atomic mass is 16.6. The summed E-state index contributed by atoms with van der Waals surface area (Å²) in [4.78, 5) is 2.74. The van der Waals surface area contributed by atoms with Crippen LogP contribution in [0.1, 0.15) is 16.7 Å². The van der Waals surface area contributed by atoms with Crippen molar-refractivity contribution in [3.63, 3.8) is 0 Å². The van der Waals surface area contributed by atoms with Crippen LogP contribution in [0, 0.1) is 0 Å². The van der Waals surface area contributed by atoms with Crippen molar-refractivity contribution in [3.8, 4) is 0 Å². The summed E-state index contributed by atoms with van der Waals surface area (Å²) < 4.78 is 5.18. The quantitative estimate of drug-likeness (QED) is 0.183. The third-order valence-electron chi connectivity index (χ3n) is 6.30. The summed E-state index contributed by atoms with van der Waals surface area (Å²) in [6.45, 7) is 0. The maximum absolute atomic E-state index is 11.3. The zero-order valence-corrected chi connectivity index (χ0v) is 24.7. The van der Waals surface area contributed by atoms with Gasteiger partial charge in [-0.3, -0.25) is 0 Å². The molecule has 0 radical (unpaired) electrons. The predicted octanol–water partition coefficient (Wildman–Crippen LogP) is 3.25. The van der Waals surface area contributed by atoms with Crippen molar-refractivity contribution in [3.05, 3.63) is 168 Å². The molecule has 0 fully saturated rings. The van der Waals surface area contributed by atoms with E-state index in [9.17, 15) is 10.0 Å². The highest BCUT2D eigenvalue weighted by Crippen LogP contribution is 2.32. The molecular weight excluding hydrogens is 519 g/mol. The molecule has 0 saturated carbocycles. The molecule has 6 heteroatoms. The first-order chi connectivity index (χ1) is 20.4. The van der Waals surface area contributed by atoms with Crippen molar-refractivity contribution in [2.75, 3.05) is 28.2 Å². The number of hydrogen-bond acceptors (Lipinski definition) is 3. The molecule has 0 aliphatic carbocycles. The van der Waals surface area contributed by atoms with Gasteiger partial charge in [0.2, 0.25) is 0 Å². The van der Waals surface area contributed by atoms with Gasteiger partial charge in [0.05, 0.1) is 28.2 Å². The van der Waals surface area contributed by atoms with Gasteiger partial charge in [-0.05, 0) is 35.4 Å². The molecule has 0 spiro atoms. The largest absolute Gasteiger partial charge is 0.860 e. The number of hydrogen-bond donors (Lipinski definition) is 2. The molecule has 0 unspecified atom stereocenters. The molecule has 0 aliphatic rings. The molecule has 0 bridgehead atoms. The van der Waals surface area contributed by atoms with Gasteiger partial charge < -0.3 is 24.5 Å². The van der Waals surface area contributed by atoms with E-state index in [1.807, 2.05) is 103 Å². The van der Waals surface area contributed by atoms with Crippen molar-refractivity contribution < 1.29 is 24.5 Å². The second-order valence-electron chi connectivity index (χ2n) is 9.94. The normalized spacial score (nSPS) is 10.1. The zero-order chi connectivity index (χ0) is 30.2. The third kappa shape index (κ3) is 10.5. The highest BCUT2D eigenvalue weighted by molar-refractivity contribution is 6.30. The molecule has 42 heavy (non-hydrogen) atoms. The average Bonchev–Trinajstić information content (AvgIpc) is 3.03. The van der Waals surface area contributed by atoms with Crippen molar-refractivity contribution in [2.24, 2.45) is 0 Å². The van der Waals surface area contributed by atoms with E-state index < -0.39 is 7.32 Å². The molecule has 0 amide bonds. The number of rotatable bonds is 7. The summed E-state index contributed by atoms with van der Waals surface area (Å²) in [6, 6.07) is 49.2. The van der Waals surface area contributed by atoms with Crippen LogP contribution in [0.4, 0.5) is 11.4 Å². The van der Waals surface area contributed by atoms with Crippen LogP contribution in [0.5, 0.6) is 0 Å². The Morgan fingerprint density at radius 1 is 0.452 bits per heavy atom. The molecule has 5 nitrogen and oxygen atoms in total. The SMILES string of the molecule is C[NH+](C)c1ccccc1.C[NH+](C)c1ccccc1.[O-]B([O-])OC(=C(c1ccccc1)c1ccccc1)c1ccccc1. The number of benzene rings is 5. The third-order valence-corrected chi connectivity index (χ3v) is 6.30. The Balaban J connectivity index is 0.000000219. The Morgan fingerprint density at radius 3 is 1.00 bits per heavy atom. The topological polar surface area (TPSA) is 64.2 Å². The predicted molar refractivity (Wildman–Crippen MR) is 170 cm³/mol. The first kappa shape index (κ1) is 32.1. The molecule has 0 saturated heterocycles. The van der Waals surface area contributed by atoms with Gasteiger partial charge in [-0.25, -0.2) is 0 Å². The van der Waals surface area contributed by atoms with Gasteiger partial charge in [-0.2, -0.15) is 0 Å². The van der Waals surface area contributed by atoms with Crippen LogP contribution in [0.2, 0.25) is 0 Å². The van der Waals surface area contributed by atoms with Gasteiger partial charge in [0.1, 0.15) is 24.5 Å². The first-order valence-corrected chi connectivity index (χ1v) is 14.0. The average molecular weight is 559 g/mol. The van der Waals surface area contributed by atoms with Crippen molar-refractivity contribution in [1.29, 1.82) is 0 Å². The lowest BCUT2D eigenvalue weighted by Crippen LogP contribution is -3.00. The highest BCUT2D eigenvalue weighted by Gasteiger charge is 2.14. The smallest absolute Gasteiger partial charge is 0.133 e. The van der Waals surface area contributed by atoms with Crippen LogP contribution in [-0.4, -0.2) is 35.5 Å². The monoisotopic (exact) mass is 558 g/mol. The Morgan fingerprint density at radius 2 is 0.738 bits per heavy atom. The van der Waals surface area contributed by atoms with E-state index in [1.54, 1.807) is 0 Å². The summed E-state index contributed by atoms with van der Waals surface area (Å²) in [7, 11) is 6.08. The number of para-hydroxylation sites is 2. The van der Waals surface area contributed by atoms with Crippen molar-refractivity contribution in [2.45, 2.75) is 0 Å². The van der Waals surface area contributed by atoms with Gasteiger partial charge >= 0.3 is 0 Å². The van der Waals surface area contributed by atoms with E-state index in [1.165, 1.54) is 21.2 Å². The molecular formula is C36H39BN2O3. The van der Waals surface area contributed by atoms with Gasteiger partial charge in [-0.1, -0.05) is 127 Å². The molecule has 0 atom stereocenters. The van der Waals surface area contributed by atoms with E-state index in [0.29, 0.717) is 11.3 Å². The van der Waals surface area contributed by atoms with Gasteiger partial charge in [0.15, 0.2) is 0 Å². The van der Waals surface area contributed by atoms with E-state index in [-0.39, 0.29) is 0 Å². The minimum absolute atomic E-state index is 0.294. The van der Waals surface area contributed by atoms with Crippen LogP contribution in [-0.2, 0) is 4.65 Å². The first-order valence-electron chi connectivity index (χ1n) is 14.0. The molecule has 0 heterocycles. The Bertz CT molecular complexity index is 1360. The molecule has 214 valence electrons. The lowest BCUT2D eigenvalue weighted by molar-refractivity contribution is -0.786. The Kier molecular flexibility index (Phi) is 13.3. The lowest BCUT2D eigenvalue weighted by atomic mass is 9.93. The Hall–Kier alpha value is -4.46. The van der Waals surface area contributed by atoms with Crippen LogP contribution < -0.4 is 19.8 Å². The zero-order valence-electron chi connectivity index (χ0n) is 24.7. The van der Waals surface area contributed by atoms with E-state index >= 15 is 0 Å². The van der Waals surface area contributed by atoms with E-state index in [4.69, 9.17) is 4.65 Å². The molecule has 5 aromatic rings. The van der Waals surface area contributed by atoms with Crippen LogP contribution in [0.3, 0.4) is 0 Å². The summed E-state index contributed by atoms with van der Waals surface area (Å²) in [5.41, 5.74) is 5.83. The Labute approximate surface area is 250 Å². The number of quaternary nitrogens is 2. The fourth-order valence-corrected chi connectivity index (χ4v) is 4.14. The van der Waals surface area contributed by atoms with Crippen LogP contribution >= 0.6 is 0 Å². The van der Waals surface area contributed by atoms with Gasteiger partial charge in [0.25, 0.3) is 0 Å². The number of nitrogens with one attached hydrogen (secondary N) is 2. The molecule has 0 aliphatic heterocycles. The van der Waals surface area contributed by atoms with Gasteiger partial charge in [0, 0.05) is 11.1 Å². The standard InChI is InChI=1S/C20H15BO3.2C8H11N/c22-21(23)24-20(18-14-8-3-9-15-18)19(16-10-4-1-5-11-16)17-12-6-2-7-13-17;2*1-9(2)8-6-4-3-5-7-8/h1-15H;2*3-7H,1-2H3/q-2;;/p+2. The minimum atomic E-state index is -2.40. The van der Waals surface area contributed by atoms with E-state index in [0.717, 1.165) is 16.7 Å². The molecule has 5 aromatic carbocycles. The van der Waals surface area contributed by atoms with Gasteiger partial charge in [-0.15, -0.1) is 0 Å². The molecule has 0 aromatic heterocycles. The fourth-order valence-electron chi connectivity index (χ4n) is 4.14. The van der Waals surface area contributed by atoms with Crippen molar-refractivity contribution in [1.82, 2.24) is 0 Å². The summed E-state index contributed by atoms with van der Waals surface area (Å²) in [5.74, 6) is 0.294. The molecule has 2 N–H and O–H groups in total. The maximum Gasteiger partial charge on any atom is 0.133 e. The summed E-state index contributed by atoms with van der Waals surface area (Å²) >= 11 is 0. The van der Waals surface area contributed by atoms with Crippen LogP contribution in [0.25, 0.3) is 11.3 Å². The second-order valence-corrected chi connectivity index (χ2v) is 9.94. The summed E-state index contributed by atoms with van der Waals surface area (Å²) in [6.07, 6.45) is 0. The summed E-state index contributed by atoms with van der Waals surface area (Å²) in [5, 5.41) is 22.5. The van der Waals surface area contributed by atoms with Crippen LogP contribution in [0.15, 0.2) is 152 Å². The lowest BCUT2D eigenvalue weighted by Gasteiger charge is -2.30. The van der Waals surface area contributed by atoms with Crippen molar-refractivity contribution >= 4 is 30.0 Å². The van der Waals surface area contributed by atoms with E-state index in [2.05, 4.69) is 76.7 Å². The fraction of sp³-hybridized carbons (Fsp3) is 0.111. The minimum Gasteiger partial charge on any atom is -0.860 e. The second kappa shape index (κ2) is 17.4.